The van der Waals surface area contributed by atoms with Crippen LogP contribution in [0.25, 0.3) is 0 Å². The summed E-state index contributed by atoms with van der Waals surface area (Å²) < 4.78 is 7.24. The molecule has 0 aliphatic carbocycles. The largest absolute Gasteiger partial charge is 0.414 e. The lowest BCUT2D eigenvalue weighted by Gasteiger charge is -2.20. The van der Waals surface area contributed by atoms with Crippen LogP contribution in [-0.4, -0.2) is 35.9 Å². The monoisotopic (exact) mass is 441 g/mol. The summed E-state index contributed by atoms with van der Waals surface area (Å²) in [5.74, 6) is 0.935. The van der Waals surface area contributed by atoms with Crippen LogP contribution in [0, 0.1) is 13.8 Å². The number of aryl methyl sites for hydroxylation is 2. The van der Waals surface area contributed by atoms with E-state index in [2.05, 4.69) is 31.3 Å². The van der Waals surface area contributed by atoms with E-state index in [1.807, 2.05) is 31.4 Å². The van der Waals surface area contributed by atoms with E-state index >= 15 is 0 Å². The molecule has 0 spiro atoms. The van der Waals surface area contributed by atoms with Gasteiger partial charge in [-0.05, 0) is 25.5 Å². The third-order valence-electron chi connectivity index (χ3n) is 4.19. The number of amides is 1. The molecule has 11 heteroatoms. The van der Waals surface area contributed by atoms with Crippen molar-refractivity contribution in [2.75, 3.05) is 4.90 Å². The van der Waals surface area contributed by atoms with Crippen LogP contribution in [0.15, 0.2) is 45.9 Å². The zero-order valence-electron chi connectivity index (χ0n) is 16.6. The summed E-state index contributed by atoms with van der Waals surface area (Å²) in [7, 11) is 0. The number of nitrogens with zero attached hydrogens (tertiary/aromatic N) is 7. The van der Waals surface area contributed by atoms with E-state index in [-0.39, 0.29) is 5.91 Å². The highest BCUT2D eigenvalue weighted by molar-refractivity contribution is 7.98. The third-order valence-corrected chi connectivity index (χ3v) is 5.92. The average Bonchev–Trinajstić information content (AvgIpc) is 3.45. The number of anilines is 2. The van der Waals surface area contributed by atoms with Crippen LogP contribution in [0.4, 0.5) is 10.8 Å². The first-order chi connectivity index (χ1) is 14.5. The van der Waals surface area contributed by atoms with Gasteiger partial charge in [-0.3, -0.25) is 9.69 Å². The smallest absolute Gasteiger partial charge is 0.277 e. The van der Waals surface area contributed by atoms with Gasteiger partial charge < -0.3 is 4.42 Å². The lowest BCUT2D eigenvalue weighted by molar-refractivity contribution is -0.115. The van der Waals surface area contributed by atoms with Gasteiger partial charge in [0.15, 0.2) is 5.13 Å². The minimum Gasteiger partial charge on any atom is -0.414 e. The second-order valence-corrected chi connectivity index (χ2v) is 8.37. The van der Waals surface area contributed by atoms with Crippen molar-refractivity contribution in [3.8, 4) is 0 Å². The Morgan fingerprint density at radius 1 is 1.30 bits per heavy atom. The van der Waals surface area contributed by atoms with Gasteiger partial charge in [0.1, 0.15) is 19.2 Å². The van der Waals surface area contributed by atoms with Crippen LogP contribution >= 0.6 is 23.1 Å². The van der Waals surface area contributed by atoms with Crippen LogP contribution in [0.2, 0.25) is 0 Å². The van der Waals surface area contributed by atoms with Crippen molar-refractivity contribution in [2.24, 2.45) is 0 Å². The highest BCUT2D eigenvalue weighted by Gasteiger charge is 2.20. The number of rotatable bonds is 7. The molecule has 0 fully saturated rings. The molecule has 30 heavy (non-hydrogen) atoms. The second kappa shape index (κ2) is 8.76. The summed E-state index contributed by atoms with van der Waals surface area (Å²) in [6.07, 6.45) is 3.04. The molecule has 3 aromatic heterocycles. The minimum atomic E-state index is -0.0786. The molecular weight excluding hydrogens is 422 g/mol. The quantitative estimate of drug-likeness (QED) is 0.399. The normalized spacial score (nSPS) is 11.0. The molecule has 4 rings (SSSR count). The fourth-order valence-electron chi connectivity index (χ4n) is 2.88. The van der Waals surface area contributed by atoms with Crippen molar-refractivity contribution < 1.29 is 9.21 Å². The van der Waals surface area contributed by atoms with Gasteiger partial charge in [-0.1, -0.05) is 29.5 Å². The average molecular weight is 442 g/mol. The first-order valence-electron chi connectivity index (χ1n) is 9.09. The molecule has 0 saturated heterocycles. The number of hydrogen-bond donors (Lipinski definition) is 0. The fourth-order valence-corrected chi connectivity index (χ4v) is 4.54. The van der Waals surface area contributed by atoms with Crippen LogP contribution < -0.4 is 4.90 Å². The molecule has 1 amide bonds. The van der Waals surface area contributed by atoms with Gasteiger partial charge in [0.25, 0.3) is 5.22 Å². The summed E-state index contributed by atoms with van der Waals surface area (Å²) in [6.45, 7) is 5.94. The first-order valence-corrected chi connectivity index (χ1v) is 11.0. The Balaban J connectivity index is 1.44. The van der Waals surface area contributed by atoms with Crippen LogP contribution in [0.5, 0.6) is 0 Å². The molecule has 0 saturated carbocycles. The van der Waals surface area contributed by atoms with E-state index in [1.165, 1.54) is 29.4 Å². The Labute approximate surface area is 181 Å². The molecule has 3 heterocycles. The van der Waals surface area contributed by atoms with Gasteiger partial charge in [0.2, 0.25) is 11.8 Å². The van der Waals surface area contributed by atoms with Crippen molar-refractivity contribution in [1.29, 1.82) is 0 Å². The molecule has 0 aliphatic rings. The van der Waals surface area contributed by atoms with E-state index in [9.17, 15) is 4.79 Å². The number of thioether (sulfide) groups is 1. The molecule has 0 N–H and O–H groups in total. The van der Waals surface area contributed by atoms with Crippen LogP contribution in [-0.2, 0) is 17.1 Å². The first kappa shape index (κ1) is 20.2. The number of carbonyl (C=O) groups excluding carboxylic acids is 1. The second-order valence-electron chi connectivity index (χ2n) is 6.61. The zero-order valence-corrected chi connectivity index (χ0v) is 18.3. The maximum Gasteiger partial charge on any atom is 0.277 e. The topological polar surface area (TPSA) is 103 Å². The lowest BCUT2D eigenvalue weighted by Crippen LogP contribution is -2.23. The molecule has 1 aromatic carbocycles. The van der Waals surface area contributed by atoms with Crippen LogP contribution in [0.3, 0.4) is 0 Å². The van der Waals surface area contributed by atoms with E-state index in [0.717, 1.165) is 22.5 Å². The zero-order chi connectivity index (χ0) is 21.1. The van der Waals surface area contributed by atoms with Crippen LogP contribution in [0.1, 0.15) is 29.6 Å². The maximum atomic E-state index is 12.3. The number of hydrogen-bond acceptors (Lipinski definition) is 9. The Bertz CT molecular complexity index is 1150. The predicted molar refractivity (Wildman–Crippen MR) is 114 cm³/mol. The Hall–Kier alpha value is -3.05. The van der Waals surface area contributed by atoms with Crippen molar-refractivity contribution in [3.05, 3.63) is 58.9 Å². The summed E-state index contributed by atoms with van der Waals surface area (Å²) >= 11 is 2.83. The highest BCUT2D eigenvalue weighted by atomic mass is 32.2. The van der Waals surface area contributed by atoms with Gasteiger partial charge in [0, 0.05) is 18.1 Å². The Morgan fingerprint density at radius 2 is 2.17 bits per heavy atom. The standard InChI is InChI=1S/C19H19N7O2S2/c1-12-4-5-16(13(2)6-12)26(14(3)27)18-22-15(8-29-18)9-30-19-24-23-17(28-19)7-25-11-20-10-21-25/h4-6,8,10-11H,7,9H2,1-3H3. The molecule has 0 atom stereocenters. The van der Waals surface area contributed by atoms with Gasteiger partial charge >= 0.3 is 0 Å². The summed E-state index contributed by atoms with van der Waals surface area (Å²) in [5.41, 5.74) is 3.86. The highest BCUT2D eigenvalue weighted by Crippen LogP contribution is 2.33. The van der Waals surface area contributed by atoms with Crippen molar-refractivity contribution in [3.63, 3.8) is 0 Å². The molecule has 0 aliphatic heterocycles. The number of benzene rings is 1. The Kier molecular flexibility index (Phi) is 5.91. The number of aromatic nitrogens is 6. The molecule has 0 bridgehead atoms. The lowest BCUT2D eigenvalue weighted by atomic mass is 10.1. The predicted octanol–water partition coefficient (Wildman–Crippen LogP) is 3.76. The van der Waals surface area contributed by atoms with Gasteiger partial charge in [0.05, 0.1) is 11.4 Å². The van der Waals surface area contributed by atoms with E-state index in [1.54, 1.807) is 22.8 Å². The van der Waals surface area contributed by atoms with Gasteiger partial charge in [-0.15, -0.1) is 21.5 Å². The van der Waals surface area contributed by atoms with E-state index in [4.69, 9.17) is 4.42 Å². The molecule has 154 valence electrons. The van der Waals surface area contributed by atoms with Crippen molar-refractivity contribution >= 4 is 39.8 Å². The number of thiazole rings is 1. The summed E-state index contributed by atoms with van der Waals surface area (Å²) in [5, 5.41) is 15.1. The summed E-state index contributed by atoms with van der Waals surface area (Å²) in [4.78, 5) is 22.5. The molecule has 9 nitrogen and oxygen atoms in total. The van der Waals surface area contributed by atoms with Crippen molar-refractivity contribution in [2.45, 2.75) is 38.3 Å². The van der Waals surface area contributed by atoms with E-state index in [0.29, 0.717) is 28.5 Å². The minimum absolute atomic E-state index is 0.0786. The number of carbonyl (C=O) groups is 1. The third kappa shape index (κ3) is 4.57. The van der Waals surface area contributed by atoms with Gasteiger partial charge in [-0.25, -0.2) is 14.6 Å². The van der Waals surface area contributed by atoms with E-state index < -0.39 is 0 Å². The van der Waals surface area contributed by atoms with Crippen molar-refractivity contribution in [1.82, 2.24) is 29.9 Å². The SMILES string of the molecule is CC(=O)N(c1nc(CSc2nnc(Cn3cncn3)o2)cs1)c1ccc(C)cc1C. The van der Waals surface area contributed by atoms with Gasteiger partial charge in [-0.2, -0.15) is 5.10 Å². The molecule has 4 aromatic rings. The molecule has 0 unspecified atom stereocenters. The maximum absolute atomic E-state index is 12.3. The summed E-state index contributed by atoms with van der Waals surface area (Å²) in [6, 6.07) is 6.01. The molecular formula is C19H19N7O2S2. The Morgan fingerprint density at radius 3 is 2.90 bits per heavy atom. The fraction of sp³-hybridized carbons (Fsp3) is 0.263. The molecule has 0 radical (unpaired) electrons.